The molecule has 0 saturated heterocycles. The molecular formula is C16H15BrFNO2. The monoisotopic (exact) mass is 351 g/mol. The number of hydrogen-bond acceptors (Lipinski definition) is 3. The van der Waals surface area contributed by atoms with Gasteiger partial charge in [-0.15, -0.1) is 0 Å². The van der Waals surface area contributed by atoms with Crippen molar-refractivity contribution in [3.8, 4) is 5.75 Å². The first kappa shape index (κ1) is 15.5. The number of benzene rings is 2. The minimum Gasteiger partial charge on any atom is -0.488 e. The van der Waals surface area contributed by atoms with E-state index in [1.807, 2.05) is 25.1 Å². The van der Waals surface area contributed by atoms with E-state index in [2.05, 4.69) is 21.1 Å². The summed E-state index contributed by atoms with van der Waals surface area (Å²) >= 11 is 3.21. The van der Waals surface area contributed by atoms with Gasteiger partial charge in [0.15, 0.2) is 0 Å². The normalized spacial score (nSPS) is 11.5. The van der Waals surface area contributed by atoms with Gasteiger partial charge in [-0.25, -0.2) is 4.39 Å². The van der Waals surface area contributed by atoms with Crippen LogP contribution in [0.3, 0.4) is 0 Å². The standard InChI is InChI=1S/C16H15BrFNO2/c1-10-6-7-15(13(8-10)11(2)19-20)21-9-12-4-3-5-14(18)16(12)17/h3-8,20H,9H2,1-2H3/b19-11-. The third kappa shape index (κ3) is 3.61. The minimum atomic E-state index is -0.326. The van der Waals surface area contributed by atoms with E-state index in [9.17, 15) is 4.39 Å². The second-order valence-corrected chi connectivity index (χ2v) is 5.48. The van der Waals surface area contributed by atoms with Crippen LogP contribution in [-0.2, 0) is 6.61 Å². The Morgan fingerprint density at radius 1 is 1.33 bits per heavy atom. The van der Waals surface area contributed by atoms with Gasteiger partial charge in [-0.2, -0.15) is 0 Å². The predicted octanol–water partition coefficient (Wildman–Crippen LogP) is 4.67. The molecule has 0 atom stereocenters. The highest BCUT2D eigenvalue weighted by atomic mass is 79.9. The van der Waals surface area contributed by atoms with Gasteiger partial charge in [0, 0.05) is 11.1 Å². The van der Waals surface area contributed by atoms with Gasteiger partial charge in [0.2, 0.25) is 0 Å². The Hall–Kier alpha value is -1.88. The molecule has 3 nitrogen and oxygen atoms in total. The summed E-state index contributed by atoms with van der Waals surface area (Å²) in [5.74, 6) is 0.264. The maximum absolute atomic E-state index is 13.5. The van der Waals surface area contributed by atoms with Crippen LogP contribution in [-0.4, -0.2) is 10.9 Å². The molecule has 0 aliphatic heterocycles. The molecule has 0 aliphatic rings. The molecule has 0 saturated carbocycles. The summed E-state index contributed by atoms with van der Waals surface area (Å²) in [6.45, 7) is 3.86. The van der Waals surface area contributed by atoms with Crippen molar-refractivity contribution in [2.45, 2.75) is 20.5 Å². The van der Waals surface area contributed by atoms with Crippen molar-refractivity contribution in [2.75, 3.05) is 0 Å². The number of ether oxygens (including phenoxy) is 1. The summed E-state index contributed by atoms with van der Waals surface area (Å²) in [6, 6.07) is 10.4. The zero-order valence-electron chi connectivity index (χ0n) is 11.7. The number of halogens is 2. The fourth-order valence-electron chi connectivity index (χ4n) is 1.92. The summed E-state index contributed by atoms with van der Waals surface area (Å²) in [7, 11) is 0. The average molecular weight is 352 g/mol. The lowest BCUT2D eigenvalue weighted by Gasteiger charge is -2.12. The lowest BCUT2D eigenvalue weighted by molar-refractivity contribution is 0.302. The van der Waals surface area contributed by atoms with E-state index in [0.29, 0.717) is 27.1 Å². The summed E-state index contributed by atoms with van der Waals surface area (Å²) in [5, 5.41) is 12.2. The predicted molar refractivity (Wildman–Crippen MR) is 83.6 cm³/mol. The molecular weight excluding hydrogens is 337 g/mol. The van der Waals surface area contributed by atoms with Crippen LogP contribution in [0.1, 0.15) is 23.6 Å². The van der Waals surface area contributed by atoms with Gasteiger partial charge < -0.3 is 9.94 Å². The Morgan fingerprint density at radius 2 is 2.10 bits per heavy atom. The SMILES string of the molecule is C/C(=N/O)c1cc(C)ccc1OCc1cccc(F)c1Br. The van der Waals surface area contributed by atoms with Crippen LogP contribution in [0.4, 0.5) is 4.39 Å². The summed E-state index contributed by atoms with van der Waals surface area (Å²) in [6.07, 6.45) is 0. The van der Waals surface area contributed by atoms with Crippen molar-refractivity contribution in [1.82, 2.24) is 0 Å². The molecule has 0 aliphatic carbocycles. The van der Waals surface area contributed by atoms with Crippen LogP contribution in [0.5, 0.6) is 5.75 Å². The van der Waals surface area contributed by atoms with Crippen LogP contribution in [0.15, 0.2) is 46.0 Å². The van der Waals surface area contributed by atoms with Gasteiger partial charge in [-0.05, 0) is 48.0 Å². The zero-order valence-corrected chi connectivity index (χ0v) is 13.3. The van der Waals surface area contributed by atoms with Gasteiger partial charge in [-0.3, -0.25) is 0 Å². The molecule has 1 N–H and O–H groups in total. The van der Waals surface area contributed by atoms with E-state index < -0.39 is 0 Å². The Labute approximate surface area is 131 Å². The largest absolute Gasteiger partial charge is 0.488 e. The van der Waals surface area contributed by atoms with Crippen LogP contribution in [0.2, 0.25) is 0 Å². The fourth-order valence-corrected chi connectivity index (χ4v) is 2.30. The fraction of sp³-hybridized carbons (Fsp3) is 0.188. The van der Waals surface area contributed by atoms with Crippen molar-refractivity contribution >= 4 is 21.6 Å². The number of aryl methyl sites for hydroxylation is 1. The lowest BCUT2D eigenvalue weighted by Crippen LogP contribution is -2.04. The zero-order chi connectivity index (χ0) is 15.4. The van der Waals surface area contributed by atoms with Crippen LogP contribution < -0.4 is 4.74 Å². The van der Waals surface area contributed by atoms with E-state index in [4.69, 9.17) is 9.94 Å². The summed E-state index contributed by atoms with van der Waals surface area (Å²) < 4.78 is 19.6. The number of rotatable bonds is 4. The highest BCUT2D eigenvalue weighted by Gasteiger charge is 2.10. The molecule has 0 fully saturated rings. The second-order valence-electron chi connectivity index (χ2n) is 4.69. The maximum atomic E-state index is 13.5. The molecule has 0 bridgehead atoms. The molecule has 0 heterocycles. The summed E-state index contributed by atoms with van der Waals surface area (Å²) in [5.41, 5.74) is 2.92. The van der Waals surface area contributed by atoms with E-state index in [1.54, 1.807) is 19.1 Å². The molecule has 2 rings (SSSR count). The second kappa shape index (κ2) is 6.72. The van der Waals surface area contributed by atoms with Crippen molar-refractivity contribution in [3.05, 3.63) is 63.4 Å². The topological polar surface area (TPSA) is 41.8 Å². The Balaban J connectivity index is 2.26. The van der Waals surface area contributed by atoms with Gasteiger partial charge in [0.25, 0.3) is 0 Å². The third-order valence-corrected chi connectivity index (χ3v) is 3.98. The number of oxime groups is 1. The minimum absolute atomic E-state index is 0.215. The van der Waals surface area contributed by atoms with Gasteiger partial charge in [0.1, 0.15) is 18.2 Å². The maximum Gasteiger partial charge on any atom is 0.137 e. The quantitative estimate of drug-likeness (QED) is 0.493. The Kier molecular flexibility index (Phi) is 4.96. The van der Waals surface area contributed by atoms with Crippen molar-refractivity contribution in [2.24, 2.45) is 5.16 Å². The van der Waals surface area contributed by atoms with Crippen LogP contribution >= 0.6 is 15.9 Å². The van der Waals surface area contributed by atoms with Gasteiger partial charge in [0.05, 0.1) is 10.2 Å². The first-order chi connectivity index (χ1) is 10.0. The molecule has 0 radical (unpaired) electrons. The number of hydrogen-bond donors (Lipinski definition) is 1. The first-order valence-corrected chi connectivity index (χ1v) is 7.17. The highest BCUT2D eigenvalue weighted by molar-refractivity contribution is 9.10. The molecule has 21 heavy (non-hydrogen) atoms. The van der Waals surface area contributed by atoms with Gasteiger partial charge >= 0.3 is 0 Å². The molecule has 5 heteroatoms. The molecule has 0 aromatic heterocycles. The Morgan fingerprint density at radius 3 is 2.81 bits per heavy atom. The third-order valence-electron chi connectivity index (χ3n) is 3.09. The number of nitrogens with zero attached hydrogens (tertiary/aromatic N) is 1. The molecule has 0 unspecified atom stereocenters. The van der Waals surface area contributed by atoms with Crippen molar-refractivity contribution < 1.29 is 14.3 Å². The van der Waals surface area contributed by atoms with Crippen LogP contribution in [0, 0.1) is 12.7 Å². The first-order valence-electron chi connectivity index (χ1n) is 6.38. The average Bonchev–Trinajstić information content (AvgIpc) is 2.49. The molecule has 0 amide bonds. The Bertz CT molecular complexity index is 686. The molecule has 2 aromatic rings. The van der Waals surface area contributed by atoms with E-state index >= 15 is 0 Å². The summed E-state index contributed by atoms with van der Waals surface area (Å²) in [4.78, 5) is 0. The lowest BCUT2D eigenvalue weighted by atomic mass is 10.1. The molecule has 2 aromatic carbocycles. The van der Waals surface area contributed by atoms with E-state index in [0.717, 1.165) is 5.56 Å². The van der Waals surface area contributed by atoms with E-state index in [-0.39, 0.29) is 12.4 Å². The van der Waals surface area contributed by atoms with Crippen molar-refractivity contribution in [1.29, 1.82) is 0 Å². The van der Waals surface area contributed by atoms with Gasteiger partial charge in [-0.1, -0.05) is 28.9 Å². The smallest absolute Gasteiger partial charge is 0.137 e. The molecule has 110 valence electrons. The van der Waals surface area contributed by atoms with Crippen LogP contribution in [0.25, 0.3) is 0 Å². The van der Waals surface area contributed by atoms with E-state index in [1.165, 1.54) is 6.07 Å². The van der Waals surface area contributed by atoms with Crippen molar-refractivity contribution in [3.63, 3.8) is 0 Å². The molecule has 0 spiro atoms. The highest BCUT2D eigenvalue weighted by Crippen LogP contribution is 2.25.